The van der Waals surface area contributed by atoms with Crippen LogP contribution < -0.4 is 10.7 Å². The molecule has 1 aliphatic heterocycles. The average Bonchev–Trinajstić information content (AvgIpc) is 3.07. The molecule has 0 spiro atoms. The van der Waals surface area contributed by atoms with Gasteiger partial charge in [-0.15, -0.1) is 0 Å². The van der Waals surface area contributed by atoms with Gasteiger partial charge in [0.25, 0.3) is 11.8 Å². The van der Waals surface area contributed by atoms with Crippen LogP contribution in [0, 0.1) is 12.8 Å². The van der Waals surface area contributed by atoms with Gasteiger partial charge in [-0.05, 0) is 36.8 Å². The number of anilines is 1. The Morgan fingerprint density at radius 3 is 2.59 bits per heavy atom. The molecule has 1 heterocycles. The van der Waals surface area contributed by atoms with Crippen molar-refractivity contribution in [3.8, 4) is 0 Å². The molecule has 2 aromatic rings. The van der Waals surface area contributed by atoms with Crippen LogP contribution >= 0.6 is 0 Å². The van der Waals surface area contributed by atoms with Gasteiger partial charge in [0.15, 0.2) is 6.61 Å². The second-order valence-corrected chi connectivity index (χ2v) is 6.74. The number of rotatable bonds is 6. The number of nitrogens with zero attached hydrogens (tertiary/aromatic N) is 1. The number of amides is 3. The van der Waals surface area contributed by atoms with Crippen molar-refractivity contribution in [2.75, 3.05) is 18.5 Å². The van der Waals surface area contributed by atoms with Crippen LogP contribution in [0.2, 0.25) is 0 Å². The first-order valence-corrected chi connectivity index (χ1v) is 9.12. The summed E-state index contributed by atoms with van der Waals surface area (Å²) in [6.45, 7) is 1.44. The van der Waals surface area contributed by atoms with Gasteiger partial charge < -0.3 is 10.1 Å². The Kier molecular flexibility index (Phi) is 6.23. The molecule has 0 bridgehead atoms. The number of benzene rings is 2. The molecule has 0 radical (unpaired) electrons. The summed E-state index contributed by atoms with van der Waals surface area (Å²) in [6.07, 6.45) is -0.0899. The number of nitrogens with one attached hydrogen (secondary N) is 2. The Labute approximate surface area is 167 Å². The van der Waals surface area contributed by atoms with Crippen molar-refractivity contribution in [3.63, 3.8) is 0 Å². The third kappa shape index (κ3) is 5.41. The maximum atomic E-state index is 12.2. The lowest BCUT2D eigenvalue weighted by Gasteiger charge is -2.17. The molecule has 2 N–H and O–H groups in total. The molecule has 2 aromatic carbocycles. The summed E-state index contributed by atoms with van der Waals surface area (Å²) in [4.78, 5) is 48.4. The molecular formula is C21H21N3O5. The van der Waals surface area contributed by atoms with Crippen molar-refractivity contribution in [2.45, 2.75) is 13.3 Å². The summed E-state index contributed by atoms with van der Waals surface area (Å²) in [5, 5.41) is 3.75. The lowest BCUT2D eigenvalue weighted by Crippen LogP contribution is -2.43. The van der Waals surface area contributed by atoms with Gasteiger partial charge >= 0.3 is 5.97 Å². The van der Waals surface area contributed by atoms with E-state index in [-0.39, 0.29) is 18.9 Å². The van der Waals surface area contributed by atoms with Gasteiger partial charge in [0.1, 0.15) is 0 Å². The number of hydrogen-bond acceptors (Lipinski definition) is 5. The highest BCUT2D eigenvalue weighted by atomic mass is 16.5. The number of carbonyl (C=O) groups is 4. The number of esters is 1. The zero-order valence-corrected chi connectivity index (χ0v) is 15.9. The molecule has 3 rings (SSSR count). The fourth-order valence-corrected chi connectivity index (χ4v) is 2.92. The Morgan fingerprint density at radius 2 is 1.86 bits per heavy atom. The largest absolute Gasteiger partial charge is 0.455 e. The zero-order chi connectivity index (χ0) is 20.8. The van der Waals surface area contributed by atoms with Crippen LogP contribution in [0.4, 0.5) is 5.69 Å². The van der Waals surface area contributed by atoms with Crippen molar-refractivity contribution in [2.24, 2.45) is 5.92 Å². The van der Waals surface area contributed by atoms with Crippen LogP contribution in [-0.4, -0.2) is 41.9 Å². The maximum absolute atomic E-state index is 12.2. The van der Waals surface area contributed by atoms with Crippen LogP contribution in [0.15, 0.2) is 54.6 Å². The third-order valence-corrected chi connectivity index (χ3v) is 4.38. The summed E-state index contributed by atoms with van der Waals surface area (Å²) in [7, 11) is 0. The molecule has 29 heavy (non-hydrogen) atoms. The minimum absolute atomic E-state index is 0.00423. The molecule has 1 aliphatic rings. The summed E-state index contributed by atoms with van der Waals surface area (Å²) >= 11 is 0. The number of carbonyl (C=O) groups excluding carboxylic acids is 4. The molecule has 0 unspecified atom stereocenters. The van der Waals surface area contributed by atoms with Crippen LogP contribution in [-0.2, 0) is 19.1 Å². The van der Waals surface area contributed by atoms with Crippen LogP contribution in [0.3, 0.4) is 0 Å². The molecule has 0 saturated carbocycles. The van der Waals surface area contributed by atoms with E-state index in [2.05, 4.69) is 10.7 Å². The van der Waals surface area contributed by atoms with E-state index < -0.39 is 30.3 Å². The number of aryl methyl sites for hydroxylation is 1. The first kappa shape index (κ1) is 20.1. The van der Waals surface area contributed by atoms with Crippen molar-refractivity contribution in [3.05, 3.63) is 65.7 Å². The summed E-state index contributed by atoms with van der Waals surface area (Å²) in [6, 6.07) is 15.7. The Morgan fingerprint density at radius 1 is 1.10 bits per heavy atom. The predicted molar refractivity (Wildman–Crippen MR) is 104 cm³/mol. The third-order valence-electron chi connectivity index (χ3n) is 4.38. The molecule has 1 saturated heterocycles. The highest BCUT2D eigenvalue weighted by molar-refractivity contribution is 5.97. The highest BCUT2D eigenvalue weighted by Gasteiger charge is 2.36. The molecule has 0 aliphatic carbocycles. The summed E-state index contributed by atoms with van der Waals surface area (Å²) in [5.74, 6) is -2.70. The fraction of sp³-hybridized carbons (Fsp3) is 0.238. The molecule has 3 amide bonds. The monoisotopic (exact) mass is 395 g/mol. The first-order valence-electron chi connectivity index (χ1n) is 9.12. The normalized spacial score (nSPS) is 15.7. The van der Waals surface area contributed by atoms with Crippen molar-refractivity contribution < 1.29 is 23.9 Å². The second-order valence-electron chi connectivity index (χ2n) is 6.74. The number of hydrogen-bond donors (Lipinski definition) is 2. The topological polar surface area (TPSA) is 105 Å². The standard InChI is InChI=1S/C21H21N3O5/c1-14-6-5-9-17(10-14)22-18(25)13-29-21(28)16-11-19(26)24(12-16)23-20(27)15-7-3-2-4-8-15/h2-10,16H,11-13H2,1H3,(H,22,25)(H,23,27)/t16-/m0/s1. The minimum atomic E-state index is -0.745. The van der Waals surface area contributed by atoms with Gasteiger partial charge in [-0.1, -0.05) is 30.3 Å². The molecule has 1 fully saturated rings. The number of hydrazine groups is 1. The fourth-order valence-electron chi connectivity index (χ4n) is 2.92. The van der Waals surface area contributed by atoms with E-state index in [0.717, 1.165) is 10.6 Å². The lowest BCUT2D eigenvalue weighted by atomic mass is 10.1. The first-order chi connectivity index (χ1) is 13.9. The van der Waals surface area contributed by atoms with E-state index in [4.69, 9.17) is 4.74 Å². The van der Waals surface area contributed by atoms with Crippen LogP contribution in [0.25, 0.3) is 0 Å². The summed E-state index contributed by atoms with van der Waals surface area (Å²) < 4.78 is 5.03. The van der Waals surface area contributed by atoms with E-state index in [1.165, 1.54) is 0 Å². The number of ether oxygens (including phenoxy) is 1. The quantitative estimate of drug-likeness (QED) is 0.724. The smallest absolute Gasteiger partial charge is 0.311 e. The van der Waals surface area contributed by atoms with E-state index in [0.29, 0.717) is 11.3 Å². The van der Waals surface area contributed by atoms with Crippen molar-refractivity contribution in [1.82, 2.24) is 10.4 Å². The van der Waals surface area contributed by atoms with Crippen molar-refractivity contribution >= 4 is 29.4 Å². The Bertz CT molecular complexity index is 929. The Hall–Kier alpha value is -3.68. The van der Waals surface area contributed by atoms with E-state index in [9.17, 15) is 19.2 Å². The maximum Gasteiger partial charge on any atom is 0.311 e. The second kappa shape index (κ2) is 9.01. The van der Waals surface area contributed by atoms with Gasteiger partial charge in [-0.3, -0.25) is 29.6 Å². The average molecular weight is 395 g/mol. The lowest BCUT2D eigenvalue weighted by molar-refractivity contribution is -0.151. The highest BCUT2D eigenvalue weighted by Crippen LogP contribution is 2.18. The van der Waals surface area contributed by atoms with E-state index in [1.54, 1.807) is 48.5 Å². The van der Waals surface area contributed by atoms with E-state index >= 15 is 0 Å². The van der Waals surface area contributed by atoms with Crippen LogP contribution in [0.1, 0.15) is 22.3 Å². The predicted octanol–water partition coefficient (Wildman–Crippen LogP) is 1.67. The van der Waals surface area contributed by atoms with Gasteiger partial charge in [0, 0.05) is 17.7 Å². The van der Waals surface area contributed by atoms with Gasteiger partial charge in [-0.25, -0.2) is 0 Å². The molecule has 150 valence electrons. The van der Waals surface area contributed by atoms with E-state index in [1.807, 2.05) is 13.0 Å². The molecule has 8 nitrogen and oxygen atoms in total. The molecular weight excluding hydrogens is 374 g/mol. The molecule has 0 aromatic heterocycles. The SMILES string of the molecule is Cc1cccc(NC(=O)COC(=O)[C@H]2CC(=O)N(NC(=O)c3ccccc3)C2)c1. The van der Waals surface area contributed by atoms with Gasteiger partial charge in [-0.2, -0.15) is 0 Å². The molecule has 8 heteroatoms. The van der Waals surface area contributed by atoms with Crippen LogP contribution in [0.5, 0.6) is 0 Å². The Balaban J connectivity index is 1.47. The van der Waals surface area contributed by atoms with Gasteiger partial charge in [0.2, 0.25) is 5.91 Å². The van der Waals surface area contributed by atoms with Crippen molar-refractivity contribution in [1.29, 1.82) is 0 Å². The summed E-state index contributed by atoms with van der Waals surface area (Å²) in [5.41, 5.74) is 4.49. The molecule has 1 atom stereocenters. The van der Waals surface area contributed by atoms with Gasteiger partial charge in [0.05, 0.1) is 12.5 Å². The minimum Gasteiger partial charge on any atom is -0.455 e. The zero-order valence-electron chi connectivity index (χ0n) is 15.9.